The summed E-state index contributed by atoms with van der Waals surface area (Å²) < 4.78 is 37.0. The first kappa shape index (κ1) is 25.9. The lowest BCUT2D eigenvalue weighted by Crippen LogP contribution is -2.57. The second kappa shape index (κ2) is 11.0. The van der Waals surface area contributed by atoms with Gasteiger partial charge < -0.3 is 24.3 Å². The van der Waals surface area contributed by atoms with Gasteiger partial charge in [0.15, 0.2) is 0 Å². The number of carbonyl (C=O) groups is 1. The van der Waals surface area contributed by atoms with Crippen LogP contribution < -0.4 is 20.1 Å². The van der Waals surface area contributed by atoms with Crippen molar-refractivity contribution in [2.45, 2.75) is 31.1 Å². The second-order valence-electron chi connectivity index (χ2n) is 9.16. The topological polar surface area (TPSA) is 103 Å². The number of halogens is 1. The summed E-state index contributed by atoms with van der Waals surface area (Å²) in [6, 6.07) is 14.1. The van der Waals surface area contributed by atoms with Gasteiger partial charge >= 0.3 is 0 Å². The number of amidine groups is 1. The third-order valence-corrected chi connectivity index (χ3v) is 7.76. The molecule has 2 N–H and O–H groups in total. The normalized spacial score (nSPS) is 24.4. The molecule has 1 amide bonds. The first-order valence-electron chi connectivity index (χ1n) is 12.2. The highest BCUT2D eigenvalue weighted by Gasteiger charge is 2.54. The van der Waals surface area contributed by atoms with Gasteiger partial charge in [0.2, 0.25) is 0 Å². The van der Waals surface area contributed by atoms with Gasteiger partial charge in [0, 0.05) is 22.9 Å². The van der Waals surface area contributed by atoms with Crippen molar-refractivity contribution < 1.29 is 28.1 Å². The van der Waals surface area contributed by atoms with Crippen molar-refractivity contribution in [3.05, 3.63) is 64.5 Å². The number of carbonyl (C=O) groups excluding carboxylic acids is 1. The number of hydrogen-bond donors (Lipinski definition) is 2. The van der Waals surface area contributed by atoms with Crippen LogP contribution in [0.25, 0.3) is 0 Å². The molecule has 0 unspecified atom stereocenters. The number of benzene rings is 2. The summed E-state index contributed by atoms with van der Waals surface area (Å²) in [5, 5.41) is 8.49. The SMILES string of the molecule is COc1ccc(Nc2csc([C@]34CO[C@@H](C)C[C@H]3[C@@H](CF)OC(NC(=O)c3ccccc3)=N4)n2)c(OC)c1. The molecule has 2 aromatic carbocycles. The first-order valence-corrected chi connectivity index (χ1v) is 13.1. The summed E-state index contributed by atoms with van der Waals surface area (Å²) in [6.07, 6.45) is -0.374. The molecular weight excluding hydrogens is 511 g/mol. The molecule has 2 aliphatic rings. The molecule has 0 saturated carbocycles. The number of anilines is 2. The van der Waals surface area contributed by atoms with Crippen LogP contribution >= 0.6 is 11.3 Å². The van der Waals surface area contributed by atoms with Crippen LogP contribution in [0.1, 0.15) is 28.7 Å². The molecule has 200 valence electrons. The van der Waals surface area contributed by atoms with Crippen molar-refractivity contribution >= 4 is 34.8 Å². The number of nitrogens with one attached hydrogen (secondary N) is 2. The van der Waals surface area contributed by atoms with E-state index in [1.54, 1.807) is 44.6 Å². The Kier molecular flexibility index (Phi) is 7.48. The zero-order valence-corrected chi connectivity index (χ0v) is 22.1. The largest absolute Gasteiger partial charge is 0.497 e. The van der Waals surface area contributed by atoms with E-state index in [2.05, 4.69) is 10.6 Å². The van der Waals surface area contributed by atoms with Crippen molar-refractivity contribution in [1.29, 1.82) is 0 Å². The predicted octanol–water partition coefficient (Wildman–Crippen LogP) is 4.68. The van der Waals surface area contributed by atoms with E-state index in [9.17, 15) is 9.18 Å². The van der Waals surface area contributed by atoms with E-state index < -0.39 is 24.2 Å². The van der Waals surface area contributed by atoms with Crippen LogP contribution in [-0.2, 0) is 15.0 Å². The molecule has 3 aromatic rings. The highest BCUT2D eigenvalue weighted by molar-refractivity contribution is 7.10. The molecule has 0 spiro atoms. The maximum Gasteiger partial charge on any atom is 0.293 e. The Hall–Kier alpha value is -3.70. The fraction of sp³-hybridized carbons (Fsp3) is 0.370. The van der Waals surface area contributed by atoms with Gasteiger partial charge in [-0.2, -0.15) is 0 Å². The fourth-order valence-corrected chi connectivity index (χ4v) is 5.74. The van der Waals surface area contributed by atoms with Crippen molar-refractivity contribution in [2.75, 3.05) is 32.8 Å². The van der Waals surface area contributed by atoms with Crippen LogP contribution in [0, 0.1) is 5.92 Å². The van der Waals surface area contributed by atoms with Gasteiger partial charge in [-0.3, -0.25) is 10.1 Å². The molecule has 3 heterocycles. The summed E-state index contributed by atoms with van der Waals surface area (Å²) in [5.41, 5.74) is 0.130. The molecule has 0 radical (unpaired) electrons. The van der Waals surface area contributed by atoms with Crippen LogP contribution in [-0.4, -0.2) is 56.6 Å². The monoisotopic (exact) mass is 540 g/mol. The standard InChI is InChI=1S/C27H29FN4O5S/c1-16-11-19-22(13-28)37-26(31-24(33)17-7-5-4-6-8-17)32-27(19,15-36-16)25-30-23(14-38-25)29-20-10-9-18(34-2)12-21(20)35-3/h4-10,12,14,16,19,22,29H,11,13,15H2,1-3H3,(H,31,32,33)/t16-,19-,22+,27-/m0/s1. The number of rotatable bonds is 7. The van der Waals surface area contributed by atoms with E-state index in [1.165, 1.54) is 11.3 Å². The highest BCUT2D eigenvalue weighted by atomic mass is 32.1. The lowest BCUT2D eigenvalue weighted by molar-refractivity contribution is -0.102. The second-order valence-corrected chi connectivity index (χ2v) is 10.0. The molecule has 38 heavy (non-hydrogen) atoms. The van der Waals surface area contributed by atoms with E-state index in [1.807, 2.05) is 30.5 Å². The number of amides is 1. The summed E-state index contributed by atoms with van der Waals surface area (Å²) in [5.74, 6) is 1.11. The first-order chi connectivity index (χ1) is 18.5. The number of fused-ring (bicyclic) bond motifs is 1. The molecular formula is C27H29FN4O5S. The summed E-state index contributed by atoms with van der Waals surface area (Å²) in [6.45, 7) is 1.39. The number of aliphatic imine (C=N–C) groups is 1. The van der Waals surface area contributed by atoms with Crippen LogP contribution in [0.5, 0.6) is 11.5 Å². The van der Waals surface area contributed by atoms with Crippen LogP contribution in [0.2, 0.25) is 0 Å². The van der Waals surface area contributed by atoms with Gasteiger partial charge in [-0.15, -0.1) is 11.3 Å². The quantitative estimate of drug-likeness (QED) is 0.449. The molecule has 0 aliphatic carbocycles. The minimum atomic E-state index is -1.02. The van der Waals surface area contributed by atoms with Crippen LogP contribution in [0.3, 0.4) is 0 Å². The summed E-state index contributed by atoms with van der Waals surface area (Å²) >= 11 is 1.39. The third-order valence-electron chi connectivity index (χ3n) is 6.75. The Balaban J connectivity index is 1.48. The van der Waals surface area contributed by atoms with Gasteiger partial charge in [-0.1, -0.05) is 18.2 Å². The van der Waals surface area contributed by atoms with E-state index in [4.69, 9.17) is 28.9 Å². The third kappa shape index (κ3) is 5.03. The Morgan fingerprint density at radius 3 is 2.76 bits per heavy atom. The van der Waals surface area contributed by atoms with Crippen molar-refractivity contribution in [3.63, 3.8) is 0 Å². The van der Waals surface area contributed by atoms with Gasteiger partial charge in [-0.25, -0.2) is 14.4 Å². The molecule has 1 saturated heterocycles. The van der Waals surface area contributed by atoms with Gasteiger partial charge in [0.1, 0.15) is 40.6 Å². The molecule has 1 fully saturated rings. The highest BCUT2D eigenvalue weighted by Crippen LogP contribution is 2.47. The van der Waals surface area contributed by atoms with Gasteiger partial charge in [0.05, 0.1) is 32.6 Å². The molecule has 11 heteroatoms. The number of nitrogens with zero attached hydrogens (tertiary/aromatic N) is 2. The number of ether oxygens (including phenoxy) is 4. The van der Waals surface area contributed by atoms with Crippen LogP contribution in [0.4, 0.5) is 15.9 Å². The molecule has 4 atom stereocenters. The number of hydrogen-bond acceptors (Lipinski definition) is 9. The van der Waals surface area contributed by atoms with Crippen molar-refractivity contribution in [2.24, 2.45) is 10.9 Å². The minimum absolute atomic E-state index is 0.0440. The Morgan fingerprint density at radius 2 is 2.03 bits per heavy atom. The summed E-state index contributed by atoms with van der Waals surface area (Å²) in [7, 11) is 3.17. The number of alkyl halides is 1. The lowest BCUT2D eigenvalue weighted by Gasteiger charge is -2.47. The lowest BCUT2D eigenvalue weighted by atomic mass is 9.75. The van der Waals surface area contributed by atoms with E-state index in [0.717, 1.165) is 0 Å². The Labute approximate surface area is 224 Å². The molecule has 5 rings (SSSR count). The van der Waals surface area contributed by atoms with E-state index in [0.29, 0.717) is 40.0 Å². The Bertz CT molecular complexity index is 1320. The molecule has 1 aromatic heterocycles. The van der Waals surface area contributed by atoms with Gasteiger partial charge in [-0.05, 0) is 37.6 Å². The average Bonchev–Trinajstić information content (AvgIpc) is 3.42. The maximum atomic E-state index is 14.3. The zero-order valence-electron chi connectivity index (χ0n) is 21.3. The predicted molar refractivity (Wildman–Crippen MR) is 142 cm³/mol. The number of aromatic nitrogens is 1. The fourth-order valence-electron chi connectivity index (χ4n) is 4.80. The zero-order chi connectivity index (χ0) is 26.7. The molecule has 0 bridgehead atoms. The number of methoxy groups -OCH3 is 2. The maximum absolute atomic E-state index is 14.3. The number of thiazole rings is 1. The average molecular weight is 541 g/mol. The summed E-state index contributed by atoms with van der Waals surface area (Å²) in [4.78, 5) is 22.5. The van der Waals surface area contributed by atoms with Crippen LogP contribution in [0.15, 0.2) is 58.9 Å². The Morgan fingerprint density at radius 1 is 1.21 bits per heavy atom. The van der Waals surface area contributed by atoms with E-state index in [-0.39, 0.29) is 24.7 Å². The minimum Gasteiger partial charge on any atom is -0.497 e. The molecule has 9 nitrogen and oxygen atoms in total. The molecule has 2 aliphatic heterocycles. The van der Waals surface area contributed by atoms with Crippen molar-refractivity contribution in [1.82, 2.24) is 10.3 Å². The van der Waals surface area contributed by atoms with Crippen molar-refractivity contribution in [3.8, 4) is 11.5 Å². The van der Waals surface area contributed by atoms with E-state index >= 15 is 0 Å². The van der Waals surface area contributed by atoms with Gasteiger partial charge in [0.25, 0.3) is 11.9 Å². The smallest absolute Gasteiger partial charge is 0.293 e.